The molecule has 0 aromatic heterocycles. The molecule has 0 amide bonds. The number of aliphatic hydroxyl groups is 2. The Kier molecular flexibility index (Phi) is 2.62. The molecule has 1 fully saturated rings. The molecule has 0 spiro atoms. The highest BCUT2D eigenvalue weighted by Gasteiger charge is 2.27. The molecule has 3 atom stereocenters. The second-order valence-electron chi connectivity index (χ2n) is 2.25. The van der Waals surface area contributed by atoms with Crippen molar-refractivity contribution in [3.8, 4) is 0 Å². The van der Waals surface area contributed by atoms with E-state index in [0.717, 1.165) is 0 Å². The predicted octanol–water partition coefficient (Wildman–Crippen LogP) is -1.57. The average Bonchev–Trinajstić information content (AvgIpc) is 1.88. The molecule has 0 saturated carbocycles. The summed E-state index contributed by atoms with van der Waals surface area (Å²) in [5.74, 6) is 0. The zero-order chi connectivity index (χ0) is 7.56. The Labute approximate surface area is 59.6 Å². The first kappa shape index (κ1) is 7.94. The van der Waals surface area contributed by atoms with E-state index in [1.807, 2.05) is 0 Å². The molecule has 10 heavy (non-hydrogen) atoms. The minimum Gasteiger partial charge on any atom is -0.394 e. The van der Waals surface area contributed by atoms with Crippen LogP contribution in [0.4, 0.5) is 0 Å². The third kappa shape index (κ3) is 1.67. The van der Waals surface area contributed by atoms with Gasteiger partial charge in [0.25, 0.3) is 0 Å². The molecule has 0 aliphatic carbocycles. The van der Waals surface area contributed by atoms with E-state index in [-0.39, 0.29) is 12.6 Å². The predicted molar refractivity (Wildman–Crippen MR) is 34.5 cm³/mol. The maximum Gasteiger partial charge on any atom is 0.107 e. The summed E-state index contributed by atoms with van der Waals surface area (Å²) in [6.07, 6.45) is 0.217. The molecular weight excluding hydrogens is 134 g/mol. The summed E-state index contributed by atoms with van der Waals surface area (Å²) in [7, 11) is 0. The van der Waals surface area contributed by atoms with E-state index in [0.29, 0.717) is 0 Å². The Bertz CT molecular complexity index is 109. The Balaban J connectivity index is 2.36. The van der Waals surface area contributed by atoms with Crippen LogP contribution in [-0.4, -0.2) is 35.1 Å². The standard InChI is InChI=1S/C6H11NO3/c7-4-1-5(9)6(2-8)10-3-4/h1,3-6,8-9H,2,7H2/t4?,5-,6?/m1/s1. The molecule has 1 aliphatic heterocycles. The van der Waals surface area contributed by atoms with Crippen molar-refractivity contribution in [2.75, 3.05) is 6.61 Å². The van der Waals surface area contributed by atoms with Crippen molar-refractivity contribution in [2.24, 2.45) is 5.73 Å². The Morgan fingerprint density at radius 3 is 2.80 bits per heavy atom. The molecule has 0 bridgehead atoms. The van der Waals surface area contributed by atoms with Crippen molar-refractivity contribution in [3.05, 3.63) is 13.0 Å². The summed E-state index contributed by atoms with van der Waals surface area (Å²) in [5.41, 5.74) is 5.36. The molecule has 4 N–H and O–H groups in total. The van der Waals surface area contributed by atoms with Crippen molar-refractivity contribution in [1.29, 1.82) is 0 Å². The highest BCUT2D eigenvalue weighted by molar-refractivity contribution is 4.99. The van der Waals surface area contributed by atoms with Gasteiger partial charge >= 0.3 is 0 Å². The van der Waals surface area contributed by atoms with Gasteiger partial charge in [-0.1, -0.05) is 0 Å². The average molecular weight is 145 g/mol. The van der Waals surface area contributed by atoms with Gasteiger partial charge in [-0.2, -0.15) is 0 Å². The summed E-state index contributed by atoms with van der Waals surface area (Å²) >= 11 is 0. The number of ether oxygens (including phenoxy) is 1. The van der Waals surface area contributed by atoms with Crippen molar-refractivity contribution in [3.63, 3.8) is 0 Å². The first-order valence-corrected chi connectivity index (χ1v) is 3.12. The Morgan fingerprint density at radius 2 is 2.30 bits per heavy atom. The van der Waals surface area contributed by atoms with Crippen molar-refractivity contribution in [1.82, 2.24) is 0 Å². The Morgan fingerprint density at radius 1 is 1.60 bits per heavy atom. The van der Waals surface area contributed by atoms with Crippen LogP contribution in [0.15, 0.2) is 0 Å². The van der Waals surface area contributed by atoms with E-state index >= 15 is 0 Å². The first-order chi connectivity index (χ1) is 4.74. The monoisotopic (exact) mass is 145 g/mol. The van der Waals surface area contributed by atoms with Gasteiger partial charge in [0, 0.05) is 12.5 Å². The van der Waals surface area contributed by atoms with Gasteiger partial charge in [-0.15, -0.1) is 0 Å². The molecule has 1 aliphatic rings. The fourth-order valence-corrected chi connectivity index (χ4v) is 0.820. The number of hydrogen-bond acceptors (Lipinski definition) is 4. The van der Waals surface area contributed by atoms with Gasteiger partial charge in [-0.3, -0.25) is 0 Å². The van der Waals surface area contributed by atoms with Crippen LogP contribution in [0.5, 0.6) is 0 Å². The quantitative estimate of drug-likeness (QED) is 0.417. The van der Waals surface area contributed by atoms with Gasteiger partial charge in [0.1, 0.15) is 12.7 Å². The molecule has 1 heterocycles. The van der Waals surface area contributed by atoms with Gasteiger partial charge in [0.05, 0.1) is 12.7 Å². The fourth-order valence-electron chi connectivity index (χ4n) is 0.820. The smallest absolute Gasteiger partial charge is 0.107 e. The third-order valence-corrected chi connectivity index (χ3v) is 1.39. The molecule has 2 unspecified atom stereocenters. The highest BCUT2D eigenvalue weighted by atomic mass is 16.5. The summed E-state index contributed by atoms with van der Waals surface area (Å²) in [6, 6.07) is -0.335. The molecule has 1 saturated heterocycles. The fraction of sp³-hybridized carbons (Fsp3) is 0.667. The van der Waals surface area contributed by atoms with E-state index in [1.165, 1.54) is 13.0 Å². The zero-order valence-corrected chi connectivity index (χ0v) is 5.47. The lowest BCUT2D eigenvalue weighted by Gasteiger charge is -2.29. The first-order valence-electron chi connectivity index (χ1n) is 3.12. The number of nitrogens with two attached hydrogens (primary N) is 1. The van der Waals surface area contributed by atoms with Crippen LogP contribution >= 0.6 is 0 Å². The zero-order valence-electron chi connectivity index (χ0n) is 5.47. The van der Waals surface area contributed by atoms with E-state index in [2.05, 4.69) is 0 Å². The highest BCUT2D eigenvalue weighted by Crippen LogP contribution is 2.14. The normalized spacial score (nSPS) is 41.7. The second-order valence-corrected chi connectivity index (χ2v) is 2.25. The lowest BCUT2D eigenvalue weighted by molar-refractivity contribution is -0.0492. The maximum atomic E-state index is 9.10. The number of rotatable bonds is 1. The summed E-state index contributed by atoms with van der Waals surface area (Å²) in [5, 5.41) is 17.7. The van der Waals surface area contributed by atoms with Crippen LogP contribution in [0.2, 0.25) is 0 Å². The van der Waals surface area contributed by atoms with E-state index in [4.69, 9.17) is 20.7 Å². The largest absolute Gasteiger partial charge is 0.394 e. The molecule has 0 aromatic rings. The topological polar surface area (TPSA) is 75.7 Å². The molecule has 58 valence electrons. The van der Waals surface area contributed by atoms with Crippen molar-refractivity contribution in [2.45, 2.75) is 18.2 Å². The summed E-state index contributed by atoms with van der Waals surface area (Å²) in [6.45, 7) is 1.20. The van der Waals surface area contributed by atoms with Crippen molar-refractivity contribution >= 4 is 0 Å². The van der Waals surface area contributed by atoms with Crippen LogP contribution in [-0.2, 0) is 4.74 Å². The van der Waals surface area contributed by atoms with Crippen LogP contribution < -0.4 is 5.73 Å². The summed E-state index contributed by atoms with van der Waals surface area (Å²) in [4.78, 5) is 0. The minimum absolute atomic E-state index is 0.194. The van der Waals surface area contributed by atoms with Gasteiger partial charge in [-0.25, -0.2) is 0 Å². The maximum absolute atomic E-state index is 9.10. The molecule has 2 radical (unpaired) electrons. The molecule has 4 nitrogen and oxygen atoms in total. The van der Waals surface area contributed by atoms with Crippen LogP contribution in [0.1, 0.15) is 0 Å². The number of aliphatic hydroxyl groups excluding tert-OH is 2. The van der Waals surface area contributed by atoms with E-state index < -0.39 is 12.2 Å². The van der Waals surface area contributed by atoms with Crippen molar-refractivity contribution < 1.29 is 14.9 Å². The minimum atomic E-state index is -0.759. The van der Waals surface area contributed by atoms with E-state index in [9.17, 15) is 0 Å². The molecular formula is C6H11NO3. The molecule has 4 heteroatoms. The van der Waals surface area contributed by atoms with Gasteiger partial charge in [-0.05, 0) is 0 Å². The van der Waals surface area contributed by atoms with E-state index in [1.54, 1.807) is 0 Å². The summed E-state index contributed by atoms with van der Waals surface area (Å²) < 4.78 is 4.87. The third-order valence-electron chi connectivity index (χ3n) is 1.39. The lowest BCUT2D eigenvalue weighted by Crippen LogP contribution is -2.44. The van der Waals surface area contributed by atoms with Gasteiger partial charge < -0.3 is 20.7 Å². The second kappa shape index (κ2) is 3.30. The van der Waals surface area contributed by atoms with Crippen LogP contribution in [0.25, 0.3) is 0 Å². The van der Waals surface area contributed by atoms with Gasteiger partial charge in [0.15, 0.2) is 0 Å². The van der Waals surface area contributed by atoms with Gasteiger partial charge in [0.2, 0.25) is 0 Å². The van der Waals surface area contributed by atoms with Crippen LogP contribution in [0, 0.1) is 13.0 Å². The lowest BCUT2D eigenvalue weighted by atomic mass is 10.0. The number of hydrogen-bond donors (Lipinski definition) is 3. The molecule has 1 rings (SSSR count). The van der Waals surface area contributed by atoms with Crippen LogP contribution in [0.3, 0.4) is 0 Å². The molecule has 0 aromatic carbocycles. The SMILES string of the molecule is NC1[CH]OC(CO)[C@H](O)[CH]1. The Hall–Kier alpha value is -0.160.